The van der Waals surface area contributed by atoms with Crippen molar-refractivity contribution in [3.63, 3.8) is 0 Å². The molecular weight excluding hydrogens is 376 g/mol. The summed E-state index contributed by atoms with van der Waals surface area (Å²) >= 11 is 0. The molecule has 0 aliphatic carbocycles. The number of carbonyl (C=O) groups is 1. The number of β-amino-alcohol motifs (C(OH)–C–C–N with tert-alkyl or cyclic N) is 1. The first-order valence-corrected chi connectivity index (χ1v) is 10.8. The van der Waals surface area contributed by atoms with Gasteiger partial charge in [-0.1, -0.05) is 32.0 Å². The summed E-state index contributed by atoms with van der Waals surface area (Å²) in [5.41, 5.74) is 3.70. The molecule has 4 rings (SSSR count). The quantitative estimate of drug-likeness (QED) is 0.682. The molecule has 2 atom stereocenters. The average molecular weight is 407 g/mol. The van der Waals surface area contributed by atoms with Crippen molar-refractivity contribution in [2.75, 3.05) is 13.1 Å². The van der Waals surface area contributed by atoms with E-state index in [2.05, 4.69) is 30.0 Å². The van der Waals surface area contributed by atoms with Gasteiger partial charge in [0.15, 0.2) is 0 Å². The summed E-state index contributed by atoms with van der Waals surface area (Å²) in [6.45, 7) is 7.86. The van der Waals surface area contributed by atoms with E-state index in [-0.39, 0.29) is 11.8 Å². The largest absolute Gasteiger partial charge is 0.391 e. The van der Waals surface area contributed by atoms with Gasteiger partial charge in [0.2, 0.25) is 0 Å². The summed E-state index contributed by atoms with van der Waals surface area (Å²) in [6, 6.07) is 12.0. The molecule has 1 aromatic carbocycles. The van der Waals surface area contributed by atoms with Crippen LogP contribution in [0.15, 0.2) is 42.6 Å². The number of likely N-dealkylation sites (tertiary alicyclic amines) is 1. The monoisotopic (exact) mass is 406 g/mol. The number of aryl methyl sites for hydroxylation is 1. The van der Waals surface area contributed by atoms with Gasteiger partial charge >= 0.3 is 0 Å². The van der Waals surface area contributed by atoms with E-state index in [0.29, 0.717) is 31.2 Å². The third-order valence-corrected chi connectivity index (χ3v) is 5.88. The average Bonchev–Trinajstić information content (AvgIpc) is 3.30. The van der Waals surface area contributed by atoms with Crippen LogP contribution in [0.1, 0.15) is 42.5 Å². The molecule has 158 valence electrons. The third-order valence-electron chi connectivity index (χ3n) is 5.88. The summed E-state index contributed by atoms with van der Waals surface area (Å²) < 4.78 is 1.79. The molecule has 1 N–H and O–H groups in total. The highest BCUT2D eigenvalue weighted by atomic mass is 16.3. The van der Waals surface area contributed by atoms with E-state index in [9.17, 15) is 9.90 Å². The first-order chi connectivity index (χ1) is 14.5. The van der Waals surface area contributed by atoms with Crippen LogP contribution in [-0.2, 0) is 19.4 Å². The van der Waals surface area contributed by atoms with E-state index in [1.54, 1.807) is 9.58 Å². The summed E-state index contributed by atoms with van der Waals surface area (Å²) in [5.74, 6) is 0.453. The summed E-state index contributed by atoms with van der Waals surface area (Å²) in [6.07, 6.45) is 2.86. The van der Waals surface area contributed by atoms with Gasteiger partial charge in [-0.05, 0) is 49.4 Å². The third kappa shape index (κ3) is 4.10. The molecule has 1 fully saturated rings. The Labute approximate surface area is 177 Å². The lowest BCUT2D eigenvalue weighted by Crippen LogP contribution is -2.31. The number of aliphatic hydroxyl groups excluding tert-OH is 1. The van der Waals surface area contributed by atoms with E-state index in [0.717, 1.165) is 35.0 Å². The normalized spacial score (nSPS) is 19.2. The predicted molar refractivity (Wildman–Crippen MR) is 117 cm³/mol. The topological polar surface area (TPSA) is 71.2 Å². The number of pyridine rings is 1. The number of aromatic nitrogens is 3. The highest BCUT2D eigenvalue weighted by Gasteiger charge is 2.35. The first-order valence-electron chi connectivity index (χ1n) is 10.8. The van der Waals surface area contributed by atoms with Crippen molar-refractivity contribution in [1.29, 1.82) is 0 Å². The predicted octanol–water partition coefficient (Wildman–Crippen LogP) is 3.33. The molecular formula is C24H30N4O2. The fourth-order valence-corrected chi connectivity index (χ4v) is 4.40. The van der Waals surface area contributed by atoms with Gasteiger partial charge in [-0.2, -0.15) is 5.10 Å². The number of benzene rings is 1. The molecule has 0 unspecified atom stereocenters. The van der Waals surface area contributed by atoms with Crippen LogP contribution >= 0.6 is 0 Å². The van der Waals surface area contributed by atoms with E-state index >= 15 is 0 Å². The Morgan fingerprint density at radius 2 is 2.03 bits per heavy atom. The molecule has 30 heavy (non-hydrogen) atoms. The van der Waals surface area contributed by atoms with E-state index in [1.807, 2.05) is 43.5 Å². The molecule has 1 aliphatic heterocycles. The lowest BCUT2D eigenvalue weighted by Gasteiger charge is -2.17. The van der Waals surface area contributed by atoms with Crippen LogP contribution in [-0.4, -0.2) is 49.9 Å². The number of nitrogens with zero attached hydrogens (tertiary/aromatic N) is 4. The minimum absolute atomic E-state index is 0.00730. The van der Waals surface area contributed by atoms with Crippen LogP contribution in [0.25, 0.3) is 10.9 Å². The van der Waals surface area contributed by atoms with Crippen LogP contribution in [0.4, 0.5) is 0 Å². The number of fused-ring (bicyclic) bond motifs is 1. The SMILES string of the molecule is CCn1nc(CC(C)C)cc1C(=O)N1C[C@@H](Cc2ccnc3ccccc23)[C@H](O)C1. The first kappa shape index (κ1) is 20.5. The molecule has 6 nitrogen and oxygen atoms in total. The van der Waals surface area contributed by atoms with Crippen molar-refractivity contribution in [2.45, 2.75) is 46.3 Å². The molecule has 0 bridgehead atoms. The standard InChI is InChI=1S/C24H30N4O2/c1-4-28-22(13-19(26-28)11-16(2)3)24(30)27-14-18(23(29)15-27)12-17-9-10-25-21-8-6-5-7-20(17)21/h5-10,13,16,18,23,29H,4,11-12,14-15H2,1-3H3/t18-,23-/m1/s1. The van der Waals surface area contributed by atoms with Crippen molar-refractivity contribution in [3.05, 3.63) is 59.5 Å². The molecule has 0 radical (unpaired) electrons. The number of rotatable bonds is 6. The van der Waals surface area contributed by atoms with Gasteiger partial charge in [0.1, 0.15) is 5.69 Å². The van der Waals surface area contributed by atoms with Crippen molar-refractivity contribution >= 4 is 16.8 Å². The number of aliphatic hydroxyl groups is 1. The number of hydrogen-bond acceptors (Lipinski definition) is 4. The van der Waals surface area contributed by atoms with Gasteiger partial charge in [0, 0.05) is 37.1 Å². The highest BCUT2D eigenvalue weighted by molar-refractivity contribution is 5.93. The number of hydrogen-bond donors (Lipinski definition) is 1. The summed E-state index contributed by atoms with van der Waals surface area (Å²) in [5, 5.41) is 16.4. The van der Waals surface area contributed by atoms with Gasteiger partial charge in [-0.3, -0.25) is 14.5 Å². The molecule has 1 saturated heterocycles. The van der Waals surface area contributed by atoms with Gasteiger partial charge in [0.25, 0.3) is 5.91 Å². The maximum atomic E-state index is 13.2. The Balaban J connectivity index is 1.51. The minimum Gasteiger partial charge on any atom is -0.391 e. The molecule has 0 spiro atoms. The summed E-state index contributed by atoms with van der Waals surface area (Å²) in [7, 11) is 0. The van der Waals surface area contributed by atoms with Crippen molar-refractivity contribution in [3.8, 4) is 0 Å². The second-order valence-corrected chi connectivity index (χ2v) is 8.66. The smallest absolute Gasteiger partial charge is 0.272 e. The number of para-hydroxylation sites is 1. The van der Waals surface area contributed by atoms with Crippen LogP contribution in [0.3, 0.4) is 0 Å². The molecule has 1 aliphatic rings. The van der Waals surface area contributed by atoms with Crippen molar-refractivity contribution in [1.82, 2.24) is 19.7 Å². The maximum Gasteiger partial charge on any atom is 0.272 e. The fourth-order valence-electron chi connectivity index (χ4n) is 4.40. The van der Waals surface area contributed by atoms with Gasteiger partial charge < -0.3 is 10.0 Å². The molecule has 1 amide bonds. The molecule has 3 aromatic rings. The zero-order valence-corrected chi connectivity index (χ0v) is 18.0. The van der Waals surface area contributed by atoms with Crippen molar-refractivity contribution in [2.24, 2.45) is 11.8 Å². The zero-order chi connectivity index (χ0) is 21.3. The highest BCUT2D eigenvalue weighted by Crippen LogP contribution is 2.26. The number of amides is 1. The Hall–Kier alpha value is -2.73. The Kier molecular flexibility index (Phi) is 5.86. The molecule has 0 saturated carbocycles. The number of carbonyl (C=O) groups excluding carboxylic acids is 1. The lowest BCUT2D eigenvalue weighted by atomic mass is 9.94. The van der Waals surface area contributed by atoms with E-state index in [4.69, 9.17) is 0 Å². The van der Waals surface area contributed by atoms with Crippen molar-refractivity contribution < 1.29 is 9.90 Å². The molecule has 2 aromatic heterocycles. The van der Waals surface area contributed by atoms with Crippen LogP contribution < -0.4 is 0 Å². The lowest BCUT2D eigenvalue weighted by molar-refractivity contribution is 0.0752. The van der Waals surface area contributed by atoms with E-state index < -0.39 is 6.10 Å². The fraction of sp³-hybridized carbons (Fsp3) is 0.458. The molecule has 6 heteroatoms. The Bertz CT molecular complexity index is 1040. The van der Waals surface area contributed by atoms with Crippen LogP contribution in [0.2, 0.25) is 0 Å². The van der Waals surface area contributed by atoms with E-state index in [1.165, 1.54) is 0 Å². The zero-order valence-electron chi connectivity index (χ0n) is 18.0. The summed E-state index contributed by atoms with van der Waals surface area (Å²) in [4.78, 5) is 19.4. The van der Waals surface area contributed by atoms with Crippen LogP contribution in [0, 0.1) is 11.8 Å². The Morgan fingerprint density at radius 1 is 1.23 bits per heavy atom. The van der Waals surface area contributed by atoms with Gasteiger partial charge in [-0.25, -0.2) is 0 Å². The van der Waals surface area contributed by atoms with Gasteiger partial charge in [0.05, 0.1) is 17.3 Å². The second kappa shape index (κ2) is 8.56. The van der Waals surface area contributed by atoms with Gasteiger partial charge in [-0.15, -0.1) is 0 Å². The maximum absolute atomic E-state index is 13.2. The molecule has 3 heterocycles. The van der Waals surface area contributed by atoms with Crippen LogP contribution in [0.5, 0.6) is 0 Å². The second-order valence-electron chi connectivity index (χ2n) is 8.66. The Morgan fingerprint density at radius 3 is 2.80 bits per heavy atom. The minimum atomic E-state index is -0.533.